The maximum Gasteiger partial charge on any atom is 0.262 e. The number of furan rings is 1. The van der Waals surface area contributed by atoms with E-state index in [-0.39, 0.29) is 17.2 Å². The molecule has 0 atom stereocenters. The lowest BCUT2D eigenvalue weighted by atomic mass is 10.1. The van der Waals surface area contributed by atoms with E-state index < -0.39 is 0 Å². The molecule has 0 saturated carbocycles. The highest BCUT2D eigenvalue weighted by molar-refractivity contribution is 7.99. The SMILES string of the molecule is Cc1ccc(Cn2c(SCC(=O)N(C)Cc3ccc(C)o3)nc3ccccc3c2=O)cc1. The molecule has 0 aliphatic rings. The van der Waals surface area contributed by atoms with Crippen molar-refractivity contribution in [2.24, 2.45) is 0 Å². The van der Waals surface area contributed by atoms with Gasteiger partial charge in [-0.25, -0.2) is 4.98 Å². The Hall–Kier alpha value is -3.32. The lowest BCUT2D eigenvalue weighted by Gasteiger charge is -2.17. The van der Waals surface area contributed by atoms with Gasteiger partial charge in [0.05, 0.1) is 29.7 Å². The molecule has 0 unspecified atom stereocenters. The first kappa shape index (κ1) is 21.9. The monoisotopic (exact) mass is 447 g/mol. The normalized spacial score (nSPS) is 11.1. The van der Waals surface area contributed by atoms with Crippen LogP contribution in [0.15, 0.2) is 75.0 Å². The second-order valence-electron chi connectivity index (χ2n) is 7.84. The van der Waals surface area contributed by atoms with Crippen molar-refractivity contribution in [3.8, 4) is 0 Å². The minimum Gasteiger partial charge on any atom is -0.464 e. The van der Waals surface area contributed by atoms with Crippen LogP contribution in [-0.2, 0) is 17.9 Å². The number of nitrogens with zero attached hydrogens (tertiary/aromatic N) is 3. The predicted octanol–water partition coefficient (Wildman–Crippen LogP) is 4.41. The number of carbonyl (C=O) groups excluding carboxylic acids is 1. The highest BCUT2D eigenvalue weighted by Crippen LogP contribution is 2.20. The smallest absolute Gasteiger partial charge is 0.262 e. The van der Waals surface area contributed by atoms with E-state index in [1.165, 1.54) is 11.8 Å². The van der Waals surface area contributed by atoms with Crippen LogP contribution >= 0.6 is 11.8 Å². The lowest BCUT2D eigenvalue weighted by molar-refractivity contribution is -0.127. The minimum absolute atomic E-state index is 0.0617. The van der Waals surface area contributed by atoms with Gasteiger partial charge in [0, 0.05) is 7.05 Å². The van der Waals surface area contributed by atoms with Gasteiger partial charge in [-0.15, -0.1) is 0 Å². The summed E-state index contributed by atoms with van der Waals surface area (Å²) in [6, 6.07) is 19.1. The first-order valence-electron chi connectivity index (χ1n) is 10.4. The molecule has 0 saturated heterocycles. The molecule has 7 heteroatoms. The molecular weight excluding hydrogens is 422 g/mol. The first-order valence-corrected chi connectivity index (χ1v) is 11.4. The van der Waals surface area contributed by atoms with Gasteiger partial charge in [0.2, 0.25) is 5.91 Å². The number of benzene rings is 2. The van der Waals surface area contributed by atoms with Crippen molar-refractivity contribution in [1.82, 2.24) is 14.5 Å². The molecule has 0 spiro atoms. The van der Waals surface area contributed by atoms with Crippen LogP contribution in [0.1, 0.15) is 22.6 Å². The summed E-state index contributed by atoms with van der Waals surface area (Å²) < 4.78 is 7.22. The first-order chi connectivity index (χ1) is 15.4. The van der Waals surface area contributed by atoms with Crippen molar-refractivity contribution >= 4 is 28.6 Å². The molecule has 4 aromatic rings. The van der Waals surface area contributed by atoms with Crippen molar-refractivity contribution in [2.45, 2.75) is 32.1 Å². The van der Waals surface area contributed by atoms with Crippen molar-refractivity contribution < 1.29 is 9.21 Å². The van der Waals surface area contributed by atoms with Gasteiger partial charge in [-0.2, -0.15) is 0 Å². The number of fused-ring (bicyclic) bond motifs is 1. The maximum absolute atomic E-state index is 13.2. The Balaban J connectivity index is 1.58. The summed E-state index contributed by atoms with van der Waals surface area (Å²) in [5.74, 6) is 1.67. The van der Waals surface area contributed by atoms with E-state index in [1.54, 1.807) is 22.6 Å². The molecule has 2 aromatic heterocycles. The fourth-order valence-corrected chi connectivity index (χ4v) is 4.34. The Kier molecular flexibility index (Phi) is 6.46. The third kappa shape index (κ3) is 4.94. The second kappa shape index (κ2) is 9.44. The summed E-state index contributed by atoms with van der Waals surface area (Å²) in [6.45, 7) is 4.70. The number of aryl methyl sites for hydroxylation is 2. The van der Waals surface area contributed by atoms with E-state index in [1.807, 2.05) is 68.4 Å². The van der Waals surface area contributed by atoms with Crippen molar-refractivity contribution in [1.29, 1.82) is 0 Å². The van der Waals surface area contributed by atoms with E-state index >= 15 is 0 Å². The Labute approximate surface area is 190 Å². The molecule has 164 valence electrons. The van der Waals surface area contributed by atoms with Gasteiger partial charge in [-0.05, 0) is 43.7 Å². The molecule has 32 heavy (non-hydrogen) atoms. The molecule has 0 aliphatic heterocycles. The van der Waals surface area contributed by atoms with Gasteiger partial charge in [0.25, 0.3) is 5.56 Å². The van der Waals surface area contributed by atoms with Crippen LogP contribution in [0.25, 0.3) is 10.9 Å². The summed E-state index contributed by atoms with van der Waals surface area (Å²) in [4.78, 5) is 32.3. The van der Waals surface area contributed by atoms with Crippen LogP contribution in [0.3, 0.4) is 0 Å². The van der Waals surface area contributed by atoms with E-state index in [9.17, 15) is 9.59 Å². The molecule has 2 aromatic carbocycles. The Morgan fingerprint density at radius 3 is 2.53 bits per heavy atom. The molecular formula is C25H25N3O3S. The zero-order valence-corrected chi connectivity index (χ0v) is 19.2. The molecule has 0 aliphatic carbocycles. The topological polar surface area (TPSA) is 68.3 Å². The fraction of sp³-hybridized carbons (Fsp3) is 0.240. The number of aromatic nitrogens is 2. The van der Waals surface area contributed by atoms with Gasteiger partial charge >= 0.3 is 0 Å². The summed E-state index contributed by atoms with van der Waals surface area (Å²) in [5.41, 5.74) is 2.69. The van der Waals surface area contributed by atoms with Crippen LogP contribution in [0.2, 0.25) is 0 Å². The average molecular weight is 448 g/mol. The van der Waals surface area contributed by atoms with Gasteiger partial charge < -0.3 is 9.32 Å². The van der Waals surface area contributed by atoms with E-state index in [0.29, 0.717) is 29.1 Å². The highest BCUT2D eigenvalue weighted by Gasteiger charge is 2.16. The molecule has 6 nitrogen and oxygen atoms in total. The highest BCUT2D eigenvalue weighted by atomic mass is 32.2. The second-order valence-corrected chi connectivity index (χ2v) is 8.78. The van der Waals surface area contributed by atoms with Crippen LogP contribution in [0.5, 0.6) is 0 Å². The summed E-state index contributed by atoms with van der Waals surface area (Å²) in [7, 11) is 1.74. The largest absolute Gasteiger partial charge is 0.464 e. The van der Waals surface area contributed by atoms with Gasteiger partial charge in [0.1, 0.15) is 11.5 Å². The summed E-state index contributed by atoms with van der Waals surface area (Å²) in [6.07, 6.45) is 0. The fourth-order valence-electron chi connectivity index (χ4n) is 3.40. The van der Waals surface area contributed by atoms with E-state index in [2.05, 4.69) is 0 Å². The number of thioether (sulfide) groups is 1. The van der Waals surface area contributed by atoms with Crippen molar-refractivity contribution in [3.05, 3.63) is 93.7 Å². The molecule has 4 rings (SSSR count). The predicted molar refractivity (Wildman–Crippen MR) is 127 cm³/mol. The lowest BCUT2D eigenvalue weighted by Crippen LogP contribution is -2.29. The van der Waals surface area contributed by atoms with Gasteiger partial charge in [-0.3, -0.25) is 14.2 Å². The number of amides is 1. The third-order valence-electron chi connectivity index (χ3n) is 5.23. The van der Waals surface area contributed by atoms with Crippen LogP contribution in [0, 0.1) is 13.8 Å². The number of para-hydroxylation sites is 1. The molecule has 0 bridgehead atoms. The van der Waals surface area contributed by atoms with Crippen LogP contribution in [0.4, 0.5) is 0 Å². The zero-order chi connectivity index (χ0) is 22.7. The average Bonchev–Trinajstić information content (AvgIpc) is 3.20. The van der Waals surface area contributed by atoms with Crippen LogP contribution < -0.4 is 5.56 Å². The molecule has 1 amide bonds. The quantitative estimate of drug-likeness (QED) is 0.310. The minimum atomic E-state index is -0.106. The number of hydrogen-bond acceptors (Lipinski definition) is 5. The maximum atomic E-state index is 13.2. The Morgan fingerprint density at radius 1 is 1.06 bits per heavy atom. The Morgan fingerprint density at radius 2 is 1.81 bits per heavy atom. The standard InChI is InChI=1S/C25H25N3O3S/c1-17-8-11-19(12-9-17)14-28-24(30)21-6-4-5-7-22(21)26-25(28)32-16-23(29)27(3)15-20-13-10-18(2)31-20/h4-13H,14-16H2,1-3H3. The summed E-state index contributed by atoms with van der Waals surface area (Å²) >= 11 is 1.28. The number of hydrogen-bond donors (Lipinski definition) is 0. The molecule has 2 heterocycles. The molecule has 0 radical (unpaired) electrons. The molecule has 0 fully saturated rings. The summed E-state index contributed by atoms with van der Waals surface area (Å²) in [5, 5.41) is 1.10. The zero-order valence-electron chi connectivity index (χ0n) is 18.4. The van der Waals surface area contributed by atoms with Crippen molar-refractivity contribution in [3.63, 3.8) is 0 Å². The van der Waals surface area contributed by atoms with Gasteiger partial charge in [-0.1, -0.05) is 53.7 Å². The van der Waals surface area contributed by atoms with Crippen molar-refractivity contribution in [2.75, 3.05) is 12.8 Å². The molecule has 0 N–H and O–H groups in total. The van der Waals surface area contributed by atoms with E-state index in [0.717, 1.165) is 22.6 Å². The van der Waals surface area contributed by atoms with E-state index in [4.69, 9.17) is 9.40 Å². The number of rotatable bonds is 7. The Bertz CT molecular complexity index is 1310. The van der Waals surface area contributed by atoms with Crippen LogP contribution in [-0.4, -0.2) is 33.2 Å². The van der Waals surface area contributed by atoms with Gasteiger partial charge in [0.15, 0.2) is 5.16 Å². The number of carbonyl (C=O) groups is 1. The third-order valence-corrected chi connectivity index (χ3v) is 6.19.